The highest BCUT2D eigenvalue weighted by Gasteiger charge is 2.63. The molecule has 1 aliphatic carbocycles. The zero-order valence-electron chi connectivity index (χ0n) is 38.8. The van der Waals surface area contributed by atoms with Crippen molar-refractivity contribution in [3.05, 3.63) is 35.9 Å². The standard InChI is InChI=1S/C46H75N5O10/c1-13-30(7)40(50(10)44(57)38(28(3)4)47-43(56)39(29(5)6)49(9)24-19-23-37(53)54)35(59-11)26-36(52)51-25-18-22-34(51)41(60-12)31(8)42(55)48-46(45(58)61-14-2)27-33(46)32-20-16-15-17-21-32/h15-17,20-21,28-31,33-35,38-41H,13-14,18-19,22-27H2,1-12H3,(H,47,56)(H,48,55)(H,53,54)/t30?,31?,33-,34+,35?,38?,39?,40?,41?,46+/m1/s1. The molecule has 1 aliphatic heterocycles. The zero-order valence-corrected chi connectivity index (χ0v) is 38.8. The molecule has 0 spiro atoms. The Bertz CT molecular complexity index is 1630. The Labute approximate surface area is 364 Å². The van der Waals surface area contributed by atoms with Gasteiger partial charge >= 0.3 is 11.9 Å². The molecule has 61 heavy (non-hydrogen) atoms. The number of amides is 4. The summed E-state index contributed by atoms with van der Waals surface area (Å²) in [6.07, 6.45) is 1.42. The molecule has 0 bridgehead atoms. The molecule has 3 N–H and O–H groups in total. The average Bonchev–Trinajstić information content (AvgIpc) is 3.74. The number of rotatable bonds is 25. The van der Waals surface area contributed by atoms with Crippen LogP contribution < -0.4 is 10.6 Å². The van der Waals surface area contributed by atoms with Crippen LogP contribution in [0, 0.1) is 23.7 Å². The van der Waals surface area contributed by atoms with E-state index >= 15 is 0 Å². The van der Waals surface area contributed by atoms with Crippen molar-refractivity contribution in [2.24, 2.45) is 23.7 Å². The first-order valence-corrected chi connectivity index (χ1v) is 22.2. The van der Waals surface area contributed by atoms with Crippen LogP contribution in [0.25, 0.3) is 0 Å². The van der Waals surface area contributed by atoms with Gasteiger partial charge < -0.3 is 39.8 Å². The Kier molecular flexibility index (Phi) is 19.7. The van der Waals surface area contributed by atoms with Crippen LogP contribution in [-0.4, -0.2) is 145 Å². The summed E-state index contributed by atoms with van der Waals surface area (Å²) >= 11 is 0. The first-order chi connectivity index (χ1) is 28.8. The summed E-state index contributed by atoms with van der Waals surface area (Å²) in [5.74, 6) is -3.94. The summed E-state index contributed by atoms with van der Waals surface area (Å²) in [4.78, 5) is 86.3. The van der Waals surface area contributed by atoms with Crippen molar-refractivity contribution in [1.82, 2.24) is 25.3 Å². The number of hydrogen-bond acceptors (Lipinski definition) is 10. The van der Waals surface area contributed by atoms with Gasteiger partial charge in [0.25, 0.3) is 0 Å². The maximum Gasteiger partial charge on any atom is 0.332 e. The molecular formula is C46H75N5O10. The van der Waals surface area contributed by atoms with E-state index in [1.54, 1.807) is 37.7 Å². The fourth-order valence-corrected chi connectivity index (χ4v) is 9.27. The van der Waals surface area contributed by atoms with Gasteiger partial charge in [0.15, 0.2) is 0 Å². The smallest absolute Gasteiger partial charge is 0.332 e. The van der Waals surface area contributed by atoms with Gasteiger partial charge in [-0.1, -0.05) is 85.2 Å². The van der Waals surface area contributed by atoms with Gasteiger partial charge in [-0.3, -0.25) is 28.9 Å². The molecule has 1 heterocycles. The second kappa shape index (κ2) is 23.4. The lowest BCUT2D eigenvalue weighted by molar-refractivity contribution is -0.151. The molecule has 15 nitrogen and oxygen atoms in total. The molecule has 0 radical (unpaired) electrons. The van der Waals surface area contributed by atoms with Gasteiger partial charge in [0.1, 0.15) is 11.6 Å². The number of nitrogens with zero attached hydrogens (tertiary/aromatic N) is 3. The summed E-state index contributed by atoms with van der Waals surface area (Å²) in [5.41, 5.74) is -0.242. The van der Waals surface area contributed by atoms with E-state index in [0.717, 1.165) is 5.56 Å². The van der Waals surface area contributed by atoms with Crippen LogP contribution in [0.1, 0.15) is 112 Å². The van der Waals surface area contributed by atoms with Gasteiger partial charge in [-0.05, 0) is 69.5 Å². The first-order valence-electron chi connectivity index (χ1n) is 22.2. The van der Waals surface area contributed by atoms with Crippen LogP contribution in [0.2, 0.25) is 0 Å². The number of hydrogen-bond donors (Lipinski definition) is 3. The SMILES string of the molecule is CCOC(=O)[C@]1(NC(=O)C(C)C(OC)[C@@H]2CCCN2C(=O)CC(OC)C(C(C)CC)N(C)C(=O)C(NC(=O)C(C(C)C)N(C)CCCC(=O)O)C(C)C)C[C@@H]1c1ccccc1. The van der Waals surface area contributed by atoms with E-state index in [4.69, 9.17) is 19.3 Å². The van der Waals surface area contributed by atoms with Crippen LogP contribution in [0.4, 0.5) is 0 Å². The molecular weight excluding hydrogens is 783 g/mol. The Hall–Kier alpha value is -4.08. The lowest BCUT2D eigenvalue weighted by Crippen LogP contribution is -2.60. The van der Waals surface area contributed by atoms with Crippen molar-refractivity contribution in [2.75, 3.05) is 48.0 Å². The lowest BCUT2D eigenvalue weighted by atomic mass is 9.89. The Morgan fingerprint density at radius 3 is 2.13 bits per heavy atom. The molecule has 1 saturated heterocycles. The van der Waals surface area contributed by atoms with E-state index in [1.165, 1.54) is 14.2 Å². The minimum absolute atomic E-state index is 0.00838. The highest BCUT2D eigenvalue weighted by atomic mass is 16.5. The van der Waals surface area contributed by atoms with Gasteiger partial charge in [0.05, 0.1) is 49.3 Å². The summed E-state index contributed by atoms with van der Waals surface area (Å²) in [5, 5.41) is 15.2. The number of carboxylic acid groups (broad SMARTS) is 1. The molecule has 0 aromatic heterocycles. The fraction of sp³-hybridized carbons (Fsp3) is 0.739. The van der Waals surface area contributed by atoms with Crippen LogP contribution in [0.5, 0.6) is 0 Å². The molecule has 344 valence electrons. The minimum atomic E-state index is -1.18. The molecule has 1 saturated carbocycles. The van der Waals surface area contributed by atoms with Gasteiger partial charge in [0, 0.05) is 40.2 Å². The number of methoxy groups -OCH3 is 2. The lowest BCUT2D eigenvalue weighted by Gasteiger charge is -2.41. The van der Waals surface area contributed by atoms with Crippen LogP contribution in [-0.2, 0) is 43.0 Å². The van der Waals surface area contributed by atoms with Crippen molar-refractivity contribution in [2.45, 2.75) is 148 Å². The molecule has 7 unspecified atom stereocenters. The van der Waals surface area contributed by atoms with Crippen molar-refractivity contribution >= 4 is 35.6 Å². The van der Waals surface area contributed by atoms with E-state index in [2.05, 4.69) is 10.6 Å². The van der Waals surface area contributed by atoms with E-state index < -0.39 is 59.8 Å². The number of esters is 1. The second-order valence-corrected chi connectivity index (χ2v) is 17.8. The highest BCUT2D eigenvalue weighted by Crippen LogP contribution is 2.52. The molecule has 15 heteroatoms. The van der Waals surface area contributed by atoms with Crippen molar-refractivity contribution < 1.29 is 48.1 Å². The maximum absolute atomic E-state index is 14.5. The molecule has 1 aromatic carbocycles. The van der Waals surface area contributed by atoms with E-state index in [-0.39, 0.29) is 66.7 Å². The number of carbonyl (C=O) groups is 6. The summed E-state index contributed by atoms with van der Waals surface area (Å²) in [6.45, 7) is 16.1. The molecule has 10 atom stereocenters. The van der Waals surface area contributed by atoms with E-state index in [9.17, 15) is 28.8 Å². The molecule has 4 amide bonds. The second-order valence-electron chi connectivity index (χ2n) is 17.8. The zero-order chi connectivity index (χ0) is 45.8. The Balaban J connectivity index is 1.79. The number of carboxylic acids is 1. The largest absolute Gasteiger partial charge is 0.481 e. The average molecular weight is 858 g/mol. The predicted molar refractivity (Wildman–Crippen MR) is 232 cm³/mol. The number of likely N-dealkylation sites (tertiary alicyclic amines) is 1. The van der Waals surface area contributed by atoms with Crippen LogP contribution >= 0.6 is 0 Å². The minimum Gasteiger partial charge on any atom is -0.481 e. The monoisotopic (exact) mass is 858 g/mol. The highest BCUT2D eigenvalue weighted by molar-refractivity contribution is 5.94. The Morgan fingerprint density at radius 2 is 1.59 bits per heavy atom. The van der Waals surface area contributed by atoms with Gasteiger partial charge in [-0.15, -0.1) is 0 Å². The van der Waals surface area contributed by atoms with Crippen LogP contribution in [0.3, 0.4) is 0 Å². The van der Waals surface area contributed by atoms with Crippen molar-refractivity contribution in [3.8, 4) is 0 Å². The molecule has 2 fully saturated rings. The summed E-state index contributed by atoms with van der Waals surface area (Å²) < 4.78 is 17.5. The van der Waals surface area contributed by atoms with Crippen LogP contribution in [0.15, 0.2) is 30.3 Å². The van der Waals surface area contributed by atoms with Gasteiger partial charge in [-0.2, -0.15) is 0 Å². The summed E-state index contributed by atoms with van der Waals surface area (Å²) in [7, 11) is 6.55. The number of aliphatic carboxylic acids is 1. The topological polar surface area (TPSA) is 184 Å². The fourth-order valence-electron chi connectivity index (χ4n) is 9.27. The molecule has 1 aromatic rings. The van der Waals surface area contributed by atoms with Crippen molar-refractivity contribution in [3.63, 3.8) is 0 Å². The number of nitrogens with one attached hydrogen (secondary N) is 2. The van der Waals surface area contributed by atoms with E-state index in [1.807, 2.05) is 76.8 Å². The molecule has 3 rings (SSSR count). The maximum atomic E-state index is 14.5. The normalized spacial score (nSPS) is 22.2. The van der Waals surface area contributed by atoms with Gasteiger partial charge in [0.2, 0.25) is 23.6 Å². The third-order valence-electron chi connectivity index (χ3n) is 12.9. The number of ether oxygens (including phenoxy) is 3. The number of benzene rings is 1. The van der Waals surface area contributed by atoms with Crippen molar-refractivity contribution in [1.29, 1.82) is 0 Å². The predicted octanol–water partition coefficient (Wildman–Crippen LogP) is 4.47. The summed E-state index contributed by atoms with van der Waals surface area (Å²) in [6, 6.07) is 7.18. The Morgan fingerprint density at radius 1 is 0.934 bits per heavy atom. The molecule has 2 aliphatic rings. The third-order valence-corrected chi connectivity index (χ3v) is 12.9. The van der Waals surface area contributed by atoms with E-state index in [0.29, 0.717) is 45.2 Å². The van der Waals surface area contributed by atoms with Gasteiger partial charge in [-0.25, -0.2) is 4.79 Å². The first kappa shape index (κ1) is 51.3. The third kappa shape index (κ3) is 12.8. The quantitative estimate of drug-likeness (QED) is 0.118. The number of carbonyl (C=O) groups excluding carboxylic acids is 5. The number of likely N-dealkylation sites (N-methyl/N-ethyl adjacent to an activating group) is 2.